The zero-order chi connectivity index (χ0) is 27.7. The number of H-pyrrole nitrogens is 2. The average molecular weight is 519 g/mol. The lowest BCUT2D eigenvalue weighted by molar-refractivity contribution is -0.153. The van der Waals surface area contributed by atoms with Crippen molar-refractivity contribution in [3.8, 4) is 0 Å². The van der Waals surface area contributed by atoms with E-state index < -0.39 is 35.7 Å². The first kappa shape index (κ1) is 27.6. The minimum atomic E-state index is -0.978. The highest BCUT2D eigenvalue weighted by Crippen LogP contribution is 2.23. The van der Waals surface area contributed by atoms with Crippen molar-refractivity contribution < 1.29 is 38.6 Å². The van der Waals surface area contributed by atoms with Crippen LogP contribution in [0.4, 0.5) is 0 Å². The number of aromatic nitrogens is 2. The first-order valence-corrected chi connectivity index (χ1v) is 11.7. The van der Waals surface area contributed by atoms with E-state index in [4.69, 9.17) is 0 Å². The fourth-order valence-corrected chi connectivity index (χ4v) is 3.57. The van der Waals surface area contributed by atoms with Crippen LogP contribution in [0.25, 0.3) is 27.6 Å². The maximum atomic E-state index is 12.0. The third-order valence-corrected chi connectivity index (χ3v) is 5.32. The van der Waals surface area contributed by atoms with Crippen molar-refractivity contribution in [2.24, 2.45) is 0 Å². The van der Waals surface area contributed by atoms with Crippen molar-refractivity contribution in [3.05, 3.63) is 78.1 Å². The van der Waals surface area contributed by atoms with E-state index in [2.05, 4.69) is 19.4 Å². The van der Waals surface area contributed by atoms with Crippen LogP contribution in [-0.2, 0) is 28.7 Å². The summed E-state index contributed by atoms with van der Waals surface area (Å²) < 4.78 is 9.12. The highest BCUT2D eigenvalue weighted by Gasteiger charge is 2.21. The molecule has 0 radical (unpaired) electrons. The van der Waals surface area contributed by atoms with Gasteiger partial charge in [0, 0.05) is 51.4 Å². The Bertz CT molecular complexity index is 1530. The molecule has 38 heavy (non-hydrogen) atoms. The number of hydrogen-bond acceptors (Lipinski definition) is 8. The van der Waals surface area contributed by atoms with Gasteiger partial charge >= 0.3 is 11.9 Å². The number of benzene rings is 2. The second-order valence-electron chi connectivity index (χ2n) is 7.85. The Kier molecular flexibility index (Phi) is 9.31. The number of fused-ring (bicyclic) bond motifs is 2. The van der Waals surface area contributed by atoms with E-state index in [0.29, 0.717) is 11.1 Å². The molecule has 0 bridgehead atoms. The molecule has 0 aliphatic carbocycles. The van der Waals surface area contributed by atoms with Gasteiger partial charge in [-0.25, -0.2) is 9.59 Å². The topological polar surface area (TPSA) is 156 Å². The van der Waals surface area contributed by atoms with Gasteiger partial charge in [0.25, 0.3) is 5.78 Å². The van der Waals surface area contributed by atoms with Crippen LogP contribution in [-0.4, -0.2) is 57.6 Å². The number of para-hydroxylation sites is 2. The zero-order valence-electron chi connectivity index (χ0n) is 20.8. The van der Waals surface area contributed by atoms with E-state index in [1.54, 1.807) is 44.4 Å². The van der Waals surface area contributed by atoms with Gasteiger partial charge in [-0.1, -0.05) is 36.4 Å². The Hall–Kier alpha value is -4.99. The van der Waals surface area contributed by atoms with Crippen LogP contribution < -0.4 is 0 Å². The molecule has 196 valence electrons. The van der Waals surface area contributed by atoms with Gasteiger partial charge in [-0.05, 0) is 26.0 Å². The Labute approximate surface area is 217 Å². The molecule has 10 heteroatoms. The normalized spacial score (nSPS) is 10.9. The van der Waals surface area contributed by atoms with Crippen LogP contribution in [0.15, 0.2) is 67.0 Å². The van der Waals surface area contributed by atoms with Crippen molar-refractivity contribution >= 4 is 56.9 Å². The standard InChI is InChI=1S/2C14H13NO4/c2*1-2-19-14(18)13(17)7-12(16)10-8-15-11-6-4-3-5-9(10)11/h3-6,8,15H,2,7H2,1H3;3-8,15-16H,2H2,1H3. The summed E-state index contributed by atoms with van der Waals surface area (Å²) in [7, 11) is 0. The van der Waals surface area contributed by atoms with Crippen LogP contribution in [0.1, 0.15) is 36.2 Å². The van der Waals surface area contributed by atoms with Gasteiger partial charge in [0.1, 0.15) is 5.76 Å². The number of aliphatic hydroxyl groups excluding tert-OH is 1. The molecule has 0 atom stereocenters. The summed E-state index contributed by atoms with van der Waals surface area (Å²) in [5.41, 5.74) is 2.52. The van der Waals surface area contributed by atoms with E-state index in [-0.39, 0.29) is 19.0 Å². The minimum Gasteiger partial charge on any atom is -0.507 e. The fourth-order valence-electron chi connectivity index (χ4n) is 3.57. The first-order valence-electron chi connectivity index (χ1n) is 11.7. The maximum absolute atomic E-state index is 12.0. The third-order valence-electron chi connectivity index (χ3n) is 5.32. The summed E-state index contributed by atoms with van der Waals surface area (Å²) >= 11 is 0. The van der Waals surface area contributed by atoms with Gasteiger partial charge in [-0.2, -0.15) is 0 Å². The number of ketones is 3. The second kappa shape index (κ2) is 12.8. The van der Waals surface area contributed by atoms with Gasteiger partial charge in [-0.15, -0.1) is 0 Å². The molecule has 0 amide bonds. The molecular weight excluding hydrogens is 492 g/mol. The lowest BCUT2D eigenvalue weighted by atomic mass is 10.1. The molecule has 0 aliphatic heterocycles. The largest absolute Gasteiger partial charge is 0.507 e. The molecule has 4 aromatic rings. The Morgan fingerprint density at radius 1 is 0.763 bits per heavy atom. The van der Waals surface area contributed by atoms with Gasteiger partial charge in [0.15, 0.2) is 5.78 Å². The second-order valence-corrected chi connectivity index (χ2v) is 7.85. The number of aromatic amines is 2. The van der Waals surface area contributed by atoms with E-state index >= 15 is 0 Å². The molecule has 0 aliphatic rings. The van der Waals surface area contributed by atoms with Crippen molar-refractivity contribution in [3.63, 3.8) is 0 Å². The number of hydrogen-bond donors (Lipinski definition) is 3. The van der Waals surface area contributed by atoms with E-state index in [1.165, 1.54) is 0 Å². The molecule has 0 fully saturated rings. The van der Waals surface area contributed by atoms with Crippen LogP contribution in [0, 0.1) is 0 Å². The van der Waals surface area contributed by atoms with Gasteiger partial charge < -0.3 is 24.5 Å². The van der Waals surface area contributed by atoms with E-state index in [9.17, 15) is 29.1 Å². The smallest absolute Gasteiger partial charge is 0.379 e. The SMILES string of the molecule is CCOC(=O)C(=O)C=C(O)c1c[nH]c2ccccc12.CCOC(=O)C(=O)CC(=O)c1c[nH]c2ccccc12. The molecule has 2 aromatic carbocycles. The summed E-state index contributed by atoms with van der Waals surface area (Å²) in [4.78, 5) is 63.2. The molecule has 0 unspecified atom stereocenters. The monoisotopic (exact) mass is 518 g/mol. The fraction of sp³-hybridized carbons (Fsp3) is 0.179. The van der Waals surface area contributed by atoms with Crippen molar-refractivity contribution in [1.82, 2.24) is 9.97 Å². The molecular formula is C28H26N2O8. The van der Waals surface area contributed by atoms with E-state index in [1.807, 2.05) is 30.3 Å². The quantitative estimate of drug-likeness (QED) is 0.0748. The van der Waals surface area contributed by atoms with Gasteiger partial charge in [0.2, 0.25) is 5.78 Å². The van der Waals surface area contributed by atoms with Crippen LogP contribution in [0.5, 0.6) is 0 Å². The molecule has 2 heterocycles. The van der Waals surface area contributed by atoms with Crippen molar-refractivity contribution in [2.75, 3.05) is 13.2 Å². The lowest BCUT2D eigenvalue weighted by Gasteiger charge is -2.00. The average Bonchev–Trinajstić information content (AvgIpc) is 3.54. The number of nitrogens with one attached hydrogen (secondary N) is 2. The summed E-state index contributed by atoms with van der Waals surface area (Å²) in [6.45, 7) is 3.44. The molecule has 2 aromatic heterocycles. The number of carbonyl (C=O) groups excluding carboxylic acids is 5. The highest BCUT2D eigenvalue weighted by atomic mass is 16.5. The van der Waals surface area contributed by atoms with Crippen LogP contribution in [0.2, 0.25) is 0 Å². The third kappa shape index (κ3) is 6.61. The molecule has 0 saturated carbocycles. The van der Waals surface area contributed by atoms with Crippen molar-refractivity contribution in [2.45, 2.75) is 20.3 Å². The Balaban J connectivity index is 0.000000211. The summed E-state index contributed by atoms with van der Waals surface area (Å²) in [6.07, 6.45) is 3.52. The zero-order valence-corrected chi connectivity index (χ0v) is 20.8. The number of carbonyl (C=O) groups is 5. The van der Waals surface area contributed by atoms with Gasteiger partial charge in [0.05, 0.1) is 19.6 Å². The number of ether oxygens (including phenoxy) is 2. The molecule has 0 spiro atoms. The summed E-state index contributed by atoms with van der Waals surface area (Å²) in [5, 5.41) is 11.4. The first-order chi connectivity index (χ1) is 18.3. The number of aliphatic hydroxyl groups is 1. The number of rotatable bonds is 9. The highest BCUT2D eigenvalue weighted by molar-refractivity contribution is 6.39. The molecule has 10 nitrogen and oxygen atoms in total. The number of esters is 2. The summed E-state index contributed by atoms with van der Waals surface area (Å²) in [6, 6.07) is 14.6. The van der Waals surface area contributed by atoms with E-state index in [0.717, 1.165) is 27.9 Å². The molecule has 4 rings (SSSR count). The van der Waals surface area contributed by atoms with Crippen molar-refractivity contribution in [1.29, 1.82) is 0 Å². The lowest BCUT2D eigenvalue weighted by Crippen LogP contribution is -2.20. The van der Waals surface area contributed by atoms with Crippen LogP contribution >= 0.6 is 0 Å². The maximum Gasteiger partial charge on any atom is 0.379 e. The predicted molar refractivity (Wildman–Crippen MR) is 139 cm³/mol. The molecule has 3 N–H and O–H groups in total. The minimum absolute atomic E-state index is 0.117. The molecule has 0 saturated heterocycles. The van der Waals surface area contributed by atoms with Gasteiger partial charge in [-0.3, -0.25) is 14.4 Å². The Morgan fingerprint density at radius 3 is 1.84 bits per heavy atom. The van der Waals surface area contributed by atoms with Crippen LogP contribution in [0.3, 0.4) is 0 Å². The predicted octanol–water partition coefficient (Wildman–Crippen LogP) is 4.07. The Morgan fingerprint density at radius 2 is 1.26 bits per heavy atom. The number of Topliss-reactive ketones (excluding diaryl/α,β-unsaturated/α-hetero) is 2. The summed E-state index contributed by atoms with van der Waals surface area (Å²) in [5.74, 6) is -4.31.